The maximum absolute atomic E-state index is 12.6. The van der Waals surface area contributed by atoms with Gasteiger partial charge in [0.1, 0.15) is 11.5 Å². The van der Waals surface area contributed by atoms with Crippen LogP contribution >= 0.6 is 0 Å². The molecular formula is C16H21N3O5S. The van der Waals surface area contributed by atoms with E-state index in [1.165, 1.54) is 38.4 Å². The Morgan fingerprint density at radius 3 is 2.44 bits per heavy atom. The molecule has 0 bridgehead atoms. The Kier molecular flexibility index (Phi) is 5.07. The number of aromatic nitrogens is 1. The van der Waals surface area contributed by atoms with Crippen LogP contribution in [0, 0.1) is 0 Å². The van der Waals surface area contributed by atoms with Gasteiger partial charge in [0, 0.05) is 18.5 Å². The third-order valence-corrected chi connectivity index (χ3v) is 4.79. The van der Waals surface area contributed by atoms with Crippen molar-refractivity contribution < 1.29 is 22.5 Å². The molecule has 0 saturated carbocycles. The number of ether oxygens (including phenoxy) is 1. The molecule has 0 unspecified atom stereocenters. The Labute approximate surface area is 146 Å². The van der Waals surface area contributed by atoms with Gasteiger partial charge in [0.25, 0.3) is 15.9 Å². The first-order valence-electron chi connectivity index (χ1n) is 7.48. The molecule has 0 radical (unpaired) electrons. The van der Waals surface area contributed by atoms with Crippen LogP contribution in [0.1, 0.15) is 36.9 Å². The number of carbonyl (C=O) groups is 1. The molecule has 1 aromatic carbocycles. The van der Waals surface area contributed by atoms with Crippen LogP contribution in [0.3, 0.4) is 0 Å². The summed E-state index contributed by atoms with van der Waals surface area (Å²) in [5.74, 6) is 0.438. The number of benzene rings is 1. The van der Waals surface area contributed by atoms with Gasteiger partial charge in [-0.15, -0.1) is 0 Å². The van der Waals surface area contributed by atoms with Gasteiger partial charge in [-0.3, -0.25) is 9.52 Å². The van der Waals surface area contributed by atoms with Crippen LogP contribution < -0.4 is 14.8 Å². The molecule has 0 aliphatic rings. The summed E-state index contributed by atoms with van der Waals surface area (Å²) < 4.78 is 37.7. The number of nitrogens with one attached hydrogen (secondary N) is 2. The average Bonchev–Trinajstić information content (AvgIpc) is 3.01. The molecule has 1 aromatic heterocycles. The number of rotatable bonds is 5. The van der Waals surface area contributed by atoms with E-state index in [4.69, 9.17) is 9.26 Å². The molecule has 2 aromatic rings. The normalized spacial score (nSPS) is 11.9. The lowest BCUT2D eigenvalue weighted by molar-refractivity contribution is 0.0960. The van der Waals surface area contributed by atoms with E-state index in [0.29, 0.717) is 5.76 Å². The number of methoxy groups -OCH3 is 1. The van der Waals surface area contributed by atoms with Gasteiger partial charge in [0.2, 0.25) is 0 Å². The van der Waals surface area contributed by atoms with E-state index >= 15 is 0 Å². The second-order valence-electron chi connectivity index (χ2n) is 6.37. The minimum atomic E-state index is -3.94. The number of nitrogens with zero attached hydrogens (tertiary/aromatic N) is 1. The minimum Gasteiger partial charge on any atom is -0.496 e. The molecule has 1 heterocycles. The Morgan fingerprint density at radius 2 is 1.92 bits per heavy atom. The highest BCUT2D eigenvalue weighted by Crippen LogP contribution is 2.27. The summed E-state index contributed by atoms with van der Waals surface area (Å²) in [6.07, 6.45) is 0. The van der Waals surface area contributed by atoms with Crippen molar-refractivity contribution in [2.45, 2.75) is 31.1 Å². The fourth-order valence-corrected chi connectivity index (χ4v) is 3.05. The fraction of sp³-hybridized carbons (Fsp3) is 0.375. The Morgan fingerprint density at radius 1 is 1.24 bits per heavy atom. The molecule has 8 nitrogen and oxygen atoms in total. The molecule has 0 aliphatic carbocycles. The molecule has 9 heteroatoms. The smallest absolute Gasteiger partial charge is 0.263 e. The zero-order chi connectivity index (χ0) is 18.8. The third kappa shape index (κ3) is 4.11. The highest BCUT2D eigenvalue weighted by molar-refractivity contribution is 7.92. The predicted octanol–water partition coefficient (Wildman–Crippen LogP) is 2.14. The summed E-state index contributed by atoms with van der Waals surface area (Å²) in [4.78, 5) is 11.8. The number of hydrogen-bond acceptors (Lipinski definition) is 6. The summed E-state index contributed by atoms with van der Waals surface area (Å²) in [6, 6.07) is 5.53. The Bertz CT molecular complexity index is 881. The summed E-state index contributed by atoms with van der Waals surface area (Å²) >= 11 is 0. The molecule has 0 spiro atoms. The third-order valence-electron chi connectivity index (χ3n) is 3.44. The lowest BCUT2D eigenvalue weighted by Crippen LogP contribution is -2.20. The second kappa shape index (κ2) is 6.75. The zero-order valence-electron chi connectivity index (χ0n) is 14.7. The van der Waals surface area contributed by atoms with Crippen molar-refractivity contribution in [1.29, 1.82) is 0 Å². The number of sulfonamides is 1. The maximum atomic E-state index is 12.6. The highest BCUT2D eigenvalue weighted by atomic mass is 32.2. The van der Waals surface area contributed by atoms with E-state index < -0.39 is 15.9 Å². The van der Waals surface area contributed by atoms with Gasteiger partial charge in [-0.1, -0.05) is 25.9 Å². The maximum Gasteiger partial charge on any atom is 0.263 e. The average molecular weight is 367 g/mol. The van der Waals surface area contributed by atoms with Gasteiger partial charge in [0.05, 0.1) is 17.6 Å². The molecule has 2 N–H and O–H groups in total. The first kappa shape index (κ1) is 18.8. The van der Waals surface area contributed by atoms with Crippen molar-refractivity contribution in [2.24, 2.45) is 0 Å². The van der Waals surface area contributed by atoms with Gasteiger partial charge in [0.15, 0.2) is 5.82 Å². The Hall–Kier alpha value is -2.55. The first-order valence-corrected chi connectivity index (χ1v) is 8.97. The molecule has 0 fully saturated rings. The number of carbonyl (C=O) groups excluding carboxylic acids is 1. The monoisotopic (exact) mass is 367 g/mol. The molecule has 136 valence electrons. The number of anilines is 1. The van der Waals surface area contributed by atoms with E-state index in [-0.39, 0.29) is 27.4 Å². The van der Waals surface area contributed by atoms with Crippen molar-refractivity contribution in [3.05, 3.63) is 35.6 Å². The van der Waals surface area contributed by atoms with Crippen LogP contribution in [-0.4, -0.2) is 33.6 Å². The first-order chi connectivity index (χ1) is 11.6. The largest absolute Gasteiger partial charge is 0.496 e. The lowest BCUT2D eigenvalue weighted by atomic mass is 9.93. The highest BCUT2D eigenvalue weighted by Gasteiger charge is 2.23. The zero-order valence-corrected chi connectivity index (χ0v) is 15.5. The molecule has 25 heavy (non-hydrogen) atoms. The van der Waals surface area contributed by atoms with Gasteiger partial charge in [-0.05, 0) is 18.2 Å². The van der Waals surface area contributed by atoms with E-state index in [9.17, 15) is 13.2 Å². The fourth-order valence-electron chi connectivity index (χ4n) is 2.04. The van der Waals surface area contributed by atoms with E-state index in [1.54, 1.807) is 0 Å². The molecule has 1 amide bonds. The van der Waals surface area contributed by atoms with Crippen LogP contribution in [-0.2, 0) is 15.4 Å². The van der Waals surface area contributed by atoms with Gasteiger partial charge in [-0.25, -0.2) is 8.42 Å². The molecule has 0 atom stereocenters. The van der Waals surface area contributed by atoms with Crippen LogP contribution in [0.15, 0.2) is 33.7 Å². The van der Waals surface area contributed by atoms with Crippen LogP contribution in [0.4, 0.5) is 5.82 Å². The van der Waals surface area contributed by atoms with E-state index in [2.05, 4.69) is 15.2 Å². The summed E-state index contributed by atoms with van der Waals surface area (Å²) in [7, 11) is -1.09. The number of amides is 1. The van der Waals surface area contributed by atoms with Crippen molar-refractivity contribution in [2.75, 3.05) is 18.9 Å². The van der Waals surface area contributed by atoms with Crippen molar-refractivity contribution in [1.82, 2.24) is 10.5 Å². The lowest BCUT2D eigenvalue weighted by Gasteiger charge is -2.12. The van der Waals surface area contributed by atoms with Gasteiger partial charge in [-0.2, -0.15) is 0 Å². The van der Waals surface area contributed by atoms with Crippen molar-refractivity contribution >= 4 is 21.7 Å². The minimum absolute atomic E-state index is 0.0715. The molecule has 0 saturated heterocycles. The SMILES string of the molecule is CNC(=O)c1cc(S(=O)(=O)Nc2cc(C(C)(C)C)on2)ccc1OC. The van der Waals surface area contributed by atoms with Crippen molar-refractivity contribution in [3.63, 3.8) is 0 Å². The predicted molar refractivity (Wildman–Crippen MR) is 92.4 cm³/mol. The van der Waals surface area contributed by atoms with Gasteiger partial charge < -0.3 is 14.6 Å². The standard InChI is InChI=1S/C16H21N3O5S/c1-16(2,3)13-9-14(18-24-13)19-25(21,22)10-6-7-12(23-5)11(8-10)15(20)17-4/h6-9H,1-5H3,(H,17,20)(H,18,19). The molecule has 2 rings (SSSR count). The second-order valence-corrected chi connectivity index (χ2v) is 8.06. The van der Waals surface area contributed by atoms with E-state index in [0.717, 1.165) is 0 Å². The molecule has 0 aliphatic heterocycles. The summed E-state index contributed by atoms with van der Waals surface area (Å²) in [5, 5.41) is 6.17. The quantitative estimate of drug-likeness (QED) is 0.838. The van der Waals surface area contributed by atoms with Gasteiger partial charge >= 0.3 is 0 Å². The van der Waals surface area contributed by atoms with Crippen molar-refractivity contribution in [3.8, 4) is 5.75 Å². The topological polar surface area (TPSA) is 111 Å². The Balaban J connectivity index is 2.36. The van der Waals surface area contributed by atoms with Crippen LogP contribution in [0.2, 0.25) is 0 Å². The number of hydrogen-bond donors (Lipinski definition) is 2. The van der Waals surface area contributed by atoms with Crippen LogP contribution in [0.5, 0.6) is 5.75 Å². The summed E-state index contributed by atoms with van der Waals surface area (Å²) in [5.41, 5.74) is -0.188. The summed E-state index contributed by atoms with van der Waals surface area (Å²) in [6.45, 7) is 5.76. The van der Waals surface area contributed by atoms with E-state index in [1.807, 2.05) is 20.8 Å². The molecular weight excluding hydrogens is 346 g/mol. The van der Waals surface area contributed by atoms with Crippen LogP contribution in [0.25, 0.3) is 0 Å².